The van der Waals surface area contributed by atoms with Crippen LogP contribution in [0.2, 0.25) is 0 Å². The molecule has 0 aromatic rings. The molecule has 5 heteroatoms. The van der Waals surface area contributed by atoms with Crippen LogP contribution in [0.1, 0.15) is 33.6 Å². The highest BCUT2D eigenvalue weighted by Crippen LogP contribution is 2.31. The van der Waals surface area contributed by atoms with Gasteiger partial charge in [-0.05, 0) is 25.8 Å². The summed E-state index contributed by atoms with van der Waals surface area (Å²) in [6.45, 7) is 9.25. The Morgan fingerprint density at radius 1 is 1.43 bits per heavy atom. The zero-order valence-corrected chi connectivity index (χ0v) is 13.2. The monoisotopic (exact) mass is 299 g/mol. The Morgan fingerprint density at radius 2 is 2.10 bits per heavy atom. The molecule has 1 aliphatic rings. The lowest BCUT2D eigenvalue weighted by molar-refractivity contribution is -0.279. The SMILES string of the molecule is C=C(N)/C=C/CC[C@@H](C)O[C@@H]1O[C@@H](CO)[C@H](C)[C@@H](O)[C@H]1C. The van der Waals surface area contributed by atoms with Crippen molar-refractivity contribution in [2.24, 2.45) is 17.6 Å². The summed E-state index contributed by atoms with van der Waals surface area (Å²) in [5.41, 5.74) is 5.99. The van der Waals surface area contributed by atoms with Crippen LogP contribution in [0.5, 0.6) is 0 Å². The van der Waals surface area contributed by atoms with Gasteiger partial charge in [-0.2, -0.15) is 0 Å². The quantitative estimate of drug-likeness (QED) is 0.621. The fraction of sp³-hybridized carbons (Fsp3) is 0.750. The Balaban J connectivity index is 2.46. The number of aliphatic hydroxyl groups excluding tert-OH is 2. The zero-order valence-electron chi connectivity index (χ0n) is 13.2. The van der Waals surface area contributed by atoms with Crippen molar-refractivity contribution in [1.29, 1.82) is 0 Å². The van der Waals surface area contributed by atoms with Gasteiger partial charge < -0.3 is 25.4 Å². The van der Waals surface area contributed by atoms with Gasteiger partial charge >= 0.3 is 0 Å². The third-order valence-electron chi connectivity index (χ3n) is 4.02. The molecule has 0 aliphatic carbocycles. The van der Waals surface area contributed by atoms with Gasteiger partial charge in [-0.15, -0.1) is 0 Å². The molecule has 1 fully saturated rings. The molecule has 0 unspecified atom stereocenters. The van der Waals surface area contributed by atoms with Crippen LogP contribution in [-0.4, -0.2) is 41.4 Å². The van der Waals surface area contributed by atoms with Crippen LogP contribution < -0.4 is 5.73 Å². The lowest BCUT2D eigenvalue weighted by Gasteiger charge is -2.42. The molecule has 6 atom stereocenters. The van der Waals surface area contributed by atoms with Crippen molar-refractivity contribution in [3.63, 3.8) is 0 Å². The van der Waals surface area contributed by atoms with Crippen LogP contribution >= 0.6 is 0 Å². The molecule has 1 aliphatic heterocycles. The highest BCUT2D eigenvalue weighted by atomic mass is 16.7. The average Bonchev–Trinajstić information content (AvgIpc) is 2.44. The molecule has 0 aromatic heterocycles. The van der Waals surface area contributed by atoms with E-state index in [-0.39, 0.29) is 30.7 Å². The number of hydrogen-bond acceptors (Lipinski definition) is 5. The first-order chi connectivity index (χ1) is 9.86. The molecule has 0 bridgehead atoms. The van der Waals surface area contributed by atoms with E-state index < -0.39 is 12.4 Å². The number of nitrogens with two attached hydrogens (primary N) is 1. The molecule has 1 heterocycles. The molecular formula is C16H29NO4. The predicted molar refractivity (Wildman–Crippen MR) is 82.3 cm³/mol. The Kier molecular flexibility index (Phi) is 7.39. The number of aliphatic hydroxyl groups is 2. The third-order valence-corrected chi connectivity index (χ3v) is 4.02. The molecule has 21 heavy (non-hydrogen) atoms. The second-order valence-electron chi connectivity index (χ2n) is 5.94. The summed E-state index contributed by atoms with van der Waals surface area (Å²) >= 11 is 0. The molecule has 1 saturated heterocycles. The van der Waals surface area contributed by atoms with Crippen LogP contribution in [0.3, 0.4) is 0 Å². The third kappa shape index (κ3) is 5.43. The number of ether oxygens (including phenoxy) is 2. The Hall–Kier alpha value is -0.880. The molecule has 0 spiro atoms. The predicted octanol–water partition coefficient (Wildman–Crippen LogP) is 1.55. The minimum Gasteiger partial charge on any atom is -0.399 e. The Bertz CT molecular complexity index is 356. The first-order valence-electron chi connectivity index (χ1n) is 7.57. The largest absolute Gasteiger partial charge is 0.399 e. The summed E-state index contributed by atoms with van der Waals surface area (Å²) in [6.07, 6.45) is 3.99. The van der Waals surface area contributed by atoms with Crippen molar-refractivity contribution in [3.05, 3.63) is 24.4 Å². The molecule has 5 nitrogen and oxygen atoms in total. The van der Waals surface area contributed by atoms with Crippen LogP contribution in [0.15, 0.2) is 24.4 Å². The molecule has 0 saturated carbocycles. The second kappa shape index (κ2) is 8.54. The van der Waals surface area contributed by atoms with Crippen molar-refractivity contribution < 1.29 is 19.7 Å². The minimum absolute atomic E-state index is 0.00640. The zero-order chi connectivity index (χ0) is 16.0. The fourth-order valence-corrected chi connectivity index (χ4v) is 2.51. The van der Waals surface area contributed by atoms with Gasteiger partial charge in [-0.1, -0.05) is 26.5 Å². The number of hydrogen-bond donors (Lipinski definition) is 3. The maximum atomic E-state index is 10.2. The smallest absolute Gasteiger partial charge is 0.163 e. The second-order valence-corrected chi connectivity index (χ2v) is 5.94. The van der Waals surface area contributed by atoms with Gasteiger partial charge in [-0.25, -0.2) is 0 Å². The molecule has 0 radical (unpaired) electrons. The average molecular weight is 299 g/mol. The summed E-state index contributed by atoms with van der Waals surface area (Å²) < 4.78 is 11.6. The Labute approximate surface area is 127 Å². The van der Waals surface area contributed by atoms with E-state index in [1.165, 1.54) is 0 Å². The van der Waals surface area contributed by atoms with Crippen LogP contribution in [0.4, 0.5) is 0 Å². The summed E-state index contributed by atoms with van der Waals surface area (Å²) in [7, 11) is 0. The Morgan fingerprint density at radius 3 is 2.67 bits per heavy atom. The van der Waals surface area contributed by atoms with Gasteiger partial charge in [0.05, 0.1) is 24.9 Å². The van der Waals surface area contributed by atoms with Crippen molar-refractivity contribution in [3.8, 4) is 0 Å². The van der Waals surface area contributed by atoms with Gasteiger partial charge in [0.15, 0.2) is 6.29 Å². The van der Waals surface area contributed by atoms with E-state index in [0.29, 0.717) is 5.70 Å². The number of allylic oxidation sites excluding steroid dienone is 2. The van der Waals surface area contributed by atoms with Gasteiger partial charge in [-0.3, -0.25) is 0 Å². The molecular weight excluding hydrogens is 270 g/mol. The summed E-state index contributed by atoms with van der Waals surface area (Å²) in [5, 5.41) is 19.5. The fourth-order valence-electron chi connectivity index (χ4n) is 2.51. The molecule has 0 amide bonds. The van der Waals surface area contributed by atoms with Crippen molar-refractivity contribution in [2.75, 3.05) is 6.61 Å². The van der Waals surface area contributed by atoms with E-state index in [9.17, 15) is 10.2 Å². The van der Waals surface area contributed by atoms with E-state index in [0.717, 1.165) is 12.8 Å². The van der Waals surface area contributed by atoms with Gasteiger partial charge in [0.25, 0.3) is 0 Å². The van der Waals surface area contributed by atoms with E-state index in [4.69, 9.17) is 15.2 Å². The normalized spacial score (nSPS) is 35.0. The highest BCUT2D eigenvalue weighted by Gasteiger charge is 2.41. The van der Waals surface area contributed by atoms with E-state index in [1.807, 2.05) is 26.8 Å². The molecule has 0 aromatic carbocycles. The van der Waals surface area contributed by atoms with E-state index in [1.54, 1.807) is 6.08 Å². The van der Waals surface area contributed by atoms with Crippen LogP contribution in [-0.2, 0) is 9.47 Å². The minimum atomic E-state index is -0.534. The summed E-state index contributed by atoms with van der Waals surface area (Å²) in [4.78, 5) is 0. The summed E-state index contributed by atoms with van der Waals surface area (Å²) in [5.74, 6) is -0.219. The van der Waals surface area contributed by atoms with Gasteiger partial charge in [0, 0.05) is 17.5 Å². The van der Waals surface area contributed by atoms with E-state index >= 15 is 0 Å². The maximum absolute atomic E-state index is 10.2. The van der Waals surface area contributed by atoms with Gasteiger partial charge in [0.1, 0.15) is 0 Å². The van der Waals surface area contributed by atoms with Gasteiger partial charge in [0.2, 0.25) is 0 Å². The highest BCUT2D eigenvalue weighted by molar-refractivity contribution is 5.09. The first-order valence-corrected chi connectivity index (χ1v) is 7.57. The maximum Gasteiger partial charge on any atom is 0.163 e. The lowest BCUT2D eigenvalue weighted by atomic mass is 9.86. The first kappa shape index (κ1) is 18.2. The topological polar surface area (TPSA) is 84.9 Å². The van der Waals surface area contributed by atoms with Crippen molar-refractivity contribution in [2.45, 2.75) is 58.2 Å². The van der Waals surface area contributed by atoms with Crippen LogP contribution in [0.25, 0.3) is 0 Å². The summed E-state index contributed by atoms with van der Waals surface area (Å²) in [6, 6.07) is 0. The van der Waals surface area contributed by atoms with E-state index in [2.05, 4.69) is 6.58 Å². The lowest BCUT2D eigenvalue weighted by Crippen LogP contribution is -2.51. The van der Waals surface area contributed by atoms with Crippen molar-refractivity contribution >= 4 is 0 Å². The molecule has 122 valence electrons. The molecule has 4 N–H and O–H groups in total. The number of rotatable bonds is 7. The standard InChI is InChI=1S/C16H29NO4/c1-10(17)7-5-6-8-11(2)20-16-13(4)15(19)12(3)14(9-18)21-16/h5,7,11-16,18-19H,1,6,8-9,17H2,2-4H3/b7-5+/t11-,12+,13-,14+,15-,16-/m1/s1. The van der Waals surface area contributed by atoms with Crippen LogP contribution in [0, 0.1) is 11.8 Å². The van der Waals surface area contributed by atoms with Crippen molar-refractivity contribution in [1.82, 2.24) is 0 Å². The molecule has 1 rings (SSSR count).